The molecule has 2 rings (SSSR count). The van der Waals surface area contributed by atoms with Gasteiger partial charge in [0.15, 0.2) is 11.5 Å². The topological polar surface area (TPSA) is 91.0 Å². The number of carbonyl (C=O) groups is 1. The molecule has 0 heterocycles. The van der Waals surface area contributed by atoms with Crippen molar-refractivity contribution in [2.24, 2.45) is 5.73 Å². The van der Waals surface area contributed by atoms with Gasteiger partial charge in [-0.1, -0.05) is 30.3 Å². The van der Waals surface area contributed by atoms with Gasteiger partial charge in [-0.05, 0) is 11.6 Å². The maximum absolute atomic E-state index is 11.0. The van der Waals surface area contributed by atoms with Crippen molar-refractivity contribution in [3.8, 4) is 17.2 Å². The number of ether oxygens (including phenoxy) is 3. The molecule has 0 aliphatic carbocycles. The molecule has 0 aliphatic heterocycles. The Hall–Kier alpha value is -2.73. The van der Waals surface area contributed by atoms with Crippen LogP contribution in [0.15, 0.2) is 42.5 Å². The first-order chi connectivity index (χ1) is 11.5. The van der Waals surface area contributed by atoms with Gasteiger partial charge in [-0.25, -0.2) is 0 Å². The van der Waals surface area contributed by atoms with Crippen LogP contribution in [0.25, 0.3) is 0 Å². The van der Waals surface area contributed by atoms with E-state index >= 15 is 0 Å². The average molecular weight is 331 g/mol. The van der Waals surface area contributed by atoms with Gasteiger partial charge in [0.2, 0.25) is 0 Å². The maximum atomic E-state index is 11.0. The van der Waals surface area contributed by atoms with E-state index in [1.54, 1.807) is 12.1 Å². The first kappa shape index (κ1) is 17.6. The summed E-state index contributed by atoms with van der Waals surface area (Å²) in [4.78, 5) is 11.0. The molecule has 6 heteroatoms. The second-order valence-corrected chi connectivity index (χ2v) is 5.22. The third kappa shape index (κ3) is 4.39. The number of carboxylic acids is 1. The van der Waals surface area contributed by atoms with E-state index < -0.39 is 12.0 Å². The van der Waals surface area contributed by atoms with Crippen LogP contribution < -0.4 is 19.9 Å². The molecule has 0 radical (unpaired) electrons. The quantitative estimate of drug-likeness (QED) is 0.773. The summed E-state index contributed by atoms with van der Waals surface area (Å²) in [7, 11) is 3.03. The van der Waals surface area contributed by atoms with Crippen LogP contribution in [0, 0.1) is 0 Å². The summed E-state index contributed by atoms with van der Waals surface area (Å²) < 4.78 is 16.4. The zero-order chi connectivity index (χ0) is 17.5. The third-order valence-corrected chi connectivity index (χ3v) is 3.55. The fraction of sp³-hybridized carbons (Fsp3) is 0.278. The average Bonchev–Trinajstić information content (AvgIpc) is 2.59. The largest absolute Gasteiger partial charge is 0.493 e. The third-order valence-electron chi connectivity index (χ3n) is 3.55. The normalized spacial score (nSPS) is 11.6. The molecule has 0 aromatic heterocycles. The van der Waals surface area contributed by atoms with Crippen molar-refractivity contribution in [2.75, 3.05) is 14.2 Å². The minimum atomic E-state index is -0.980. The Morgan fingerprint density at radius 3 is 2.29 bits per heavy atom. The molecule has 3 N–H and O–H groups in total. The van der Waals surface area contributed by atoms with E-state index in [4.69, 9.17) is 25.1 Å². The molecule has 24 heavy (non-hydrogen) atoms. The fourth-order valence-electron chi connectivity index (χ4n) is 2.32. The molecule has 2 aromatic carbocycles. The van der Waals surface area contributed by atoms with Crippen molar-refractivity contribution in [2.45, 2.75) is 19.1 Å². The van der Waals surface area contributed by atoms with E-state index in [9.17, 15) is 4.79 Å². The minimum absolute atomic E-state index is 0.211. The Labute approximate surface area is 140 Å². The Morgan fingerprint density at radius 1 is 1.08 bits per heavy atom. The maximum Gasteiger partial charge on any atom is 0.305 e. The Balaban J connectivity index is 2.33. The molecule has 0 amide bonds. The van der Waals surface area contributed by atoms with Crippen LogP contribution in [0.3, 0.4) is 0 Å². The van der Waals surface area contributed by atoms with Gasteiger partial charge in [-0.3, -0.25) is 4.79 Å². The zero-order valence-electron chi connectivity index (χ0n) is 13.7. The molecule has 1 unspecified atom stereocenters. The van der Waals surface area contributed by atoms with Crippen LogP contribution in [-0.4, -0.2) is 25.3 Å². The van der Waals surface area contributed by atoms with Crippen molar-refractivity contribution in [1.82, 2.24) is 0 Å². The predicted molar refractivity (Wildman–Crippen MR) is 89.5 cm³/mol. The molecule has 0 saturated carbocycles. The van der Waals surface area contributed by atoms with Crippen molar-refractivity contribution in [3.05, 3.63) is 53.6 Å². The van der Waals surface area contributed by atoms with Crippen LogP contribution in [0.5, 0.6) is 17.2 Å². The fourth-order valence-corrected chi connectivity index (χ4v) is 2.32. The molecule has 0 fully saturated rings. The van der Waals surface area contributed by atoms with Crippen LogP contribution in [0.1, 0.15) is 23.6 Å². The standard InChI is InChI=1S/C18H21NO5/c1-22-16-8-13(14(19)9-18(20)21)15(10-17(16)23-2)24-11-12-6-4-3-5-7-12/h3-8,10,14H,9,11,19H2,1-2H3,(H,20,21). The molecule has 1 atom stereocenters. The highest BCUT2D eigenvalue weighted by Crippen LogP contribution is 2.38. The molecule has 0 aliphatic rings. The summed E-state index contributed by atoms with van der Waals surface area (Å²) in [5.74, 6) is 0.462. The second-order valence-electron chi connectivity index (χ2n) is 5.22. The number of benzene rings is 2. The van der Waals surface area contributed by atoms with Gasteiger partial charge in [0.05, 0.1) is 20.6 Å². The number of nitrogens with two attached hydrogens (primary N) is 1. The number of methoxy groups -OCH3 is 2. The summed E-state index contributed by atoms with van der Waals surface area (Å²) in [6, 6.07) is 12.3. The molecule has 0 spiro atoms. The monoisotopic (exact) mass is 331 g/mol. The van der Waals surface area contributed by atoms with E-state index in [1.807, 2.05) is 30.3 Å². The first-order valence-electron chi connectivity index (χ1n) is 7.45. The van der Waals surface area contributed by atoms with Crippen molar-refractivity contribution < 1.29 is 24.1 Å². The van der Waals surface area contributed by atoms with Gasteiger partial charge in [0.25, 0.3) is 0 Å². The van der Waals surface area contributed by atoms with Gasteiger partial charge >= 0.3 is 5.97 Å². The second kappa shape index (κ2) is 8.21. The lowest BCUT2D eigenvalue weighted by molar-refractivity contribution is -0.137. The minimum Gasteiger partial charge on any atom is -0.493 e. The molecule has 6 nitrogen and oxygen atoms in total. The number of aliphatic carboxylic acids is 1. The van der Waals surface area contributed by atoms with Crippen LogP contribution >= 0.6 is 0 Å². The van der Waals surface area contributed by atoms with Crippen LogP contribution in [0.2, 0.25) is 0 Å². The highest BCUT2D eigenvalue weighted by molar-refractivity contribution is 5.68. The number of rotatable bonds is 8. The summed E-state index contributed by atoms with van der Waals surface area (Å²) in [5.41, 5.74) is 7.58. The van der Waals surface area contributed by atoms with Gasteiger partial charge in [-0.15, -0.1) is 0 Å². The van der Waals surface area contributed by atoms with Crippen molar-refractivity contribution in [3.63, 3.8) is 0 Å². The first-order valence-corrected chi connectivity index (χ1v) is 7.45. The summed E-state index contributed by atoms with van der Waals surface area (Å²) in [6.45, 7) is 0.336. The lowest BCUT2D eigenvalue weighted by Gasteiger charge is -2.19. The highest BCUT2D eigenvalue weighted by Gasteiger charge is 2.20. The summed E-state index contributed by atoms with van der Waals surface area (Å²) >= 11 is 0. The van der Waals surface area contributed by atoms with E-state index in [0.717, 1.165) is 5.56 Å². The Bertz CT molecular complexity index is 687. The zero-order valence-corrected chi connectivity index (χ0v) is 13.7. The number of hydrogen-bond donors (Lipinski definition) is 2. The lowest BCUT2D eigenvalue weighted by Crippen LogP contribution is -2.16. The van der Waals surface area contributed by atoms with Gasteiger partial charge in [-0.2, -0.15) is 0 Å². The lowest BCUT2D eigenvalue weighted by atomic mass is 10.0. The van der Waals surface area contributed by atoms with Gasteiger partial charge in [0.1, 0.15) is 12.4 Å². The van der Waals surface area contributed by atoms with Crippen LogP contribution in [0.4, 0.5) is 0 Å². The molecule has 0 bridgehead atoms. The van der Waals surface area contributed by atoms with Crippen LogP contribution in [-0.2, 0) is 11.4 Å². The van der Waals surface area contributed by atoms with E-state index in [0.29, 0.717) is 29.4 Å². The van der Waals surface area contributed by atoms with Crippen molar-refractivity contribution in [1.29, 1.82) is 0 Å². The molecular formula is C18H21NO5. The summed E-state index contributed by atoms with van der Waals surface area (Å²) in [6.07, 6.45) is -0.211. The predicted octanol–water partition coefficient (Wildman–Crippen LogP) is 2.76. The van der Waals surface area contributed by atoms with E-state index in [1.165, 1.54) is 14.2 Å². The van der Waals surface area contributed by atoms with Gasteiger partial charge in [0, 0.05) is 17.7 Å². The van der Waals surface area contributed by atoms with E-state index in [-0.39, 0.29) is 6.42 Å². The summed E-state index contributed by atoms with van der Waals surface area (Å²) in [5, 5.41) is 8.99. The molecule has 2 aromatic rings. The Kier molecular flexibility index (Phi) is 6.03. The smallest absolute Gasteiger partial charge is 0.305 e. The molecule has 0 saturated heterocycles. The van der Waals surface area contributed by atoms with Gasteiger partial charge < -0.3 is 25.1 Å². The SMILES string of the molecule is COc1cc(OCc2ccccc2)c(C(N)CC(=O)O)cc1OC. The van der Waals surface area contributed by atoms with E-state index in [2.05, 4.69) is 0 Å². The molecule has 128 valence electrons. The number of carboxylic acid groups (broad SMARTS) is 1. The molecular weight excluding hydrogens is 310 g/mol. The number of hydrogen-bond acceptors (Lipinski definition) is 5. The Morgan fingerprint density at radius 2 is 1.71 bits per heavy atom. The highest BCUT2D eigenvalue weighted by atomic mass is 16.5. The van der Waals surface area contributed by atoms with Crippen molar-refractivity contribution >= 4 is 5.97 Å².